The topological polar surface area (TPSA) is 65.2 Å². The van der Waals surface area contributed by atoms with E-state index in [1.165, 1.54) is 18.4 Å². The van der Waals surface area contributed by atoms with E-state index in [0.717, 1.165) is 5.69 Å². The summed E-state index contributed by atoms with van der Waals surface area (Å²) in [5.74, 6) is -0.400. The summed E-state index contributed by atoms with van der Waals surface area (Å²) in [7, 11) is 1.32. The van der Waals surface area contributed by atoms with Crippen LogP contribution in [0.4, 0.5) is 0 Å². The minimum absolute atomic E-state index is 0.400. The highest BCUT2D eigenvalue weighted by Gasteiger charge is 2.14. The number of ether oxygens (including phenoxy) is 1. The average Bonchev–Trinajstić information content (AvgIpc) is 2.55. The molecule has 0 saturated carbocycles. The fourth-order valence-corrected chi connectivity index (χ4v) is 1.37. The molecule has 0 aliphatic heterocycles. The molecular weight excluding hydrogens is 176 g/mol. The van der Waals surface area contributed by atoms with Gasteiger partial charge < -0.3 is 10.5 Å². The molecule has 0 amide bonds. The van der Waals surface area contributed by atoms with Gasteiger partial charge in [0.25, 0.3) is 0 Å². The Kier molecular flexibility index (Phi) is 3.19. The molecular formula is C7H10N2O2S. The number of rotatable bonds is 3. The van der Waals surface area contributed by atoms with Gasteiger partial charge in [0.15, 0.2) is 0 Å². The molecule has 66 valence electrons. The first-order chi connectivity index (χ1) is 5.74. The lowest BCUT2D eigenvalue weighted by Crippen LogP contribution is -2.33. The highest BCUT2D eigenvalue weighted by atomic mass is 32.1. The van der Waals surface area contributed by atoms with Gasteiger partial charge in [-0.2, -0.15) is 0 Å². The first kappa shape index (κ1) is 9.15. The molecule has 1 unspecified atom stereocenters. The number of hydrogen-bond donors (Lipinski definition) is 1. The van der Waals surface area contributed by atoms with Gasteiger partial charge in [-0.3, -0.25) is 4.79 Å². The maximum atomic E-state index is 10.9. The number of nitrogens with zero attached hydrogens (tertiary/aromatic N) is 1. The molecule has 1 atom stereocenters. The van der Waals surface area contributed by atoms with Gasteiger partial charge >= 0.3 is 5.97 Å². The van der Waals surface area contributed by atoms with E-state index in [0.29, 0.717) is 6.42 Å². The summed E-state index contributed by atoms with van der Waals surface area (Å²) in [6.45, 7) is 0. The van der Waals surface area contributed by atoms with Crippen LogP contribution in [0.15, 0.2) is 10.9 Å². The van der Waals surface area contributed by atoms with E-state index in [4.69, 9.17) is 5.73 Å². The van der Waals surface area contributed by atoms with Gasteiger partial charge in [-0.1, -0.05) is 0 Å². The monoisotopic (exact) mass is 186 g/mol. The van der Waals surface area contributed by atoms with Crippen molar-refractivity contribution in [2.75, 3.05) is 7.11 Å². The number of hydrogen-bond acceptors (Lipinski definition) is 5. The van der Waals surface area contributed by atoms with Gasteiger partial charge in [0.2, 0.25) is 0 Å². The zero-order chi connectivity index (χ0) is 8.97. The smallest absolute Gasteiger partial charge is 0.323 e. The second-order valence-electron chi connectivity index (χ2n) is 2.31. The van der Waals surface area contributed by atoms with Crippen molar-refractivity contribution in [3.05, 3.63) is 16.6 Å². The van der Waals surface area contributed by atoms with Crippen LogP contribution in [0.2, 0.25) is 0 Å². The normalized spacial score (nSPS) is 12.5. The van der Waals surface area contributed by atoms with E-state index in [-0.39, 0.29) is 0 Å². The molecule has 0 aliphatic rings. The first-order valence-corrected chi connectivity index (χ1v) is 4.39. The number of thiazole rings is 1. The number of esters is 1. The van der Waals surface area contributed by atoms with E-state index in [9.17, 15) is 4.79 Å². The lowest BCUT2D eigenvalue weighted by atomic mass is 10.2. The molecule has 12 heavy (non-hydrogen) atoms. The summed E-state index contributed by atoms with van der Waals surface area (Å²) >= 11 is 1.48. The Labute approximate surface area is 74.4 Å². The quantitative estimate of drug-likeness (QED) is 0.684. The van der Waals surface area contributed by atoms with Crippen LogP contribution in [0.5, 0.6) is 0 Å². The molecule has 0 bridgehead atoms. The van der Waals surface area contributed by atoms with E-state index in [2.05, 4.69) is 9.72 Å². The van der Waals surface area contributed by atoms with Crippen molar-refractivity contribution in [2.24, 2.45) is 5.73 Å². The lowest BCUT2D eigenvalue weighted by Gasteiger charge is -2.05. The Morgan fingerprint density at radius 3 is 3.17 bits per heavy atom. The van der Waals surface area contributed by atoms with Crippen molar-refractivity contribution in [2.45, 2.75) is 12.5 Å². The fourth-order valence-electron chi connectivity index (χ4n) is 0.798. The minimum Gasteiger partial charge on any atom is -0.468 e. The third-order valence-corrected chi connectivity index (χ3v) is 2.05. The van der Waals surface area contributed by atoms with Gasteiger partial charge in [0.1, 0.15) is 6.04 Å². The van der Waals surface area contributed by atoms with Crippen LogP contribution in [0.1, 0.15) is 5.69 Å². The molecule has 0 aliphatic carbocycles. The zero-order valence-corrected chi connectivity index (χ0v) is 7.50. The molecule has 0 radical (unpaired) electrons. The average molecular weight is 186 g/mol. The second-order valence-corrected chi connectivity index (χ2v) is 3.03. The molecule has 1 aromatic rings. The molecule has 5 heteroatoms. The van der Waals surface area contributed by atoms with E-state index in [1.807, 2.05) is 5.38 Å². The Morgan fingerprint density at radius 1 is 1.92 bits per heavy atom. The maximum absolute atomic E-state index is 10.9. The van der Waals surface area contributed by atoms with Crippen molar-refractivity contribution < 1.29 is 9.53 Å². The van der Waals surface area contributed by atoms with Crippen molar-refractivity contribution >= 4 is 17.3 Å². The van der Waals surface area contributed by atoms with Gasteiger partial charge in [-0.15, -0.1) is 11.3 Å². The van der Waals surface area contributed by atoms with Crippen molar-refractivity contribution in [1.29, 1.82) is 0 Å². The van der Waals surface area contributed by atoms with Crippen LogP contribution in [-0.4, -0.2) is 24.1 Å². The molecule has 1 rings (SSSR count). The molecule has 1 heterocycles. The summed E-state index contributed by atoms with van der Waals surface area (Å²) in [6.07, 6.45) is 0.441. The SMILES string of the molecule is COC(=O)C(N)Cc1cscn1. The third kappa shape index (κ3) is 2.28. The Morgan fingerprint density at radius 2 is 2.67 bits per heavy atom. The summed E-state index contributed by atoms with van der Waals surface area (Å²) in [5.41, 5.74) is 8.05. The summed E-state index contributed by atoms with van der Waals surface area (Å²) in [5, 5.41) is 1.86. The summed E-state index contributed by atoms with van der Waals surface area (Å²) in [4.78, 5) is 14.9. The maximum Gasteiger partial charge on any atom is 0.323 e. The Balaban J connectivity index is 2.47. The molecule has 4 nitrogen and oxygen atoms in total. The van der Waals surface area contributed by atoms with Crippen LogP contribution in [0.3, 0.4) is 0 Å². The third-order valence-electron chi connectivity index (χ3n) is 1.42. The molecule has 0 aromatic carbocycles. The summed E-state index contributed by atoms with van der Waals surface area (Å²) < 4.78 is 4.47. The standard InChI is InChI=1S/C7H10N2O2S/c1-11-7(10)6(8)2-5-3-12-4-9-5/h3-4,6H,2,8H2,1H3. The lowest BCUT2D eigenvalue weighted by molar-refractivity contribution is -0.142. The number of nitrogens with two attached hydrogens (primary N) is 1. The number of carbonyl (C=O) groups excluding carboxylic acids is 1. The zero-order valence-electron chi connectivity index (χ0n) is 6.69. The molecule has 0 saturated heterocycles. The highest BCUT2D eigenvalue weighted by Crippen LogP contribution is 2.03. The van der Waals surface area contributed by atoms with E-state index in [1.54, 1.807) is 5.51 Å². The first-order valence-electron chi connectivity index (χ1n) is 3.44. The van der Waals surface area contributed by atoms with Crippen LogP contribution in [0.25, 0.3) is 0 Å². The van der Waals surface area contributed by atoms with Crippen molar-refractivity contribution in [1.82, 2.24) is 4.98 Å². The molecule has 0 spiro atoms. The van der Waals surface area contributed by atoms with Crippen LogP contribution in [-0.2, 0) is 16.0 Å². The van der Waals surface area contributed by atoms with Crippen LogP contribution >= 0.6 is 11.3 Å². The molecule has 1 aromatic heterocycles. The van der Waals surface area contributed by atoms with Crippen molar-refractivity contribution in [3.63, 3.8) is 0 Å². The number of aromatic nitrogens is 1. The number of methoxy groups -OCH3 is 1. The number of carbonyl (C=O) groups is 1. The highest BCUT2D eigenvalue weighted by molar-refractivity contribution is 7.07. The van der Waals surface area contributed by atoms with Crippen LogP contribution in [0, 0.1) is 0 Å². The van der Waals surface area contributed by atoms with Gasteiger partial charge in [0, 0.05) is 11.8 Å². The van der Waals surface area contributed by atoms with E-state index < -0.39 is 12.0 Å². The Hall–Kier alpha value is -0.940. The van der Waals surface area contributed by atoms with Crippen molar-refractivity contribution in [3.8, 4) is 0 Å². The Bertz CT molecular complexity index is 248. The predicted molar refractivity (Wildman–Crippen MR) is 45.8 cm³/mol. The molecule has 2 N–H and O–H groups in total. The predicted octanol–water partition coefficient (Wildman–Crippen LogP) is 0.186. The van der Waals surface area contributed by atoms with Gasteiger partial charge in [-0.25, -0.2) is 4.98 Å². The largest absolute Gasteiger partial charge is 0.468 e. The van der Waals surface area contributed by atoms with Crippen LogP contribution < -0.4 is 5.73 Å². The van der Waals surface area contributed by atoms with Gasteiger partial charge in [-0.05, 0) is 0 Å². The minimum atomic E-state index is -0.600. The summed E-state index contributed by atoms with van der Waals surface area (Å²) in [6, 6.07) is -0.600. The fraction of sp³-hybridized carbons (Fsp3) is 0.429. The molecule has 0 fully saturated rings. The van der Waals surface area contributed by atoms with Gasteiger partial charge in [0.05, 0.1) is 18.3 Å². The van der Waals surface area contributed by atoms with E-state index >= 15 is 0 Å². The second kappa shape index (κ2) is 4.18.